The zero-order valence-corrected chi connectivity index (χ0v) is 17.5. The van der Waals surface area contributed by atoms with Crippen molar-refractivity contribution >= 4 is 23.3 Å². The highest BCUT2D eigenvalue weighted by Crippen LogP contribution is 2.31. The fraction of sp³-hybridized carbons (Fsp3) is 0.417. The largest absolute Gasteiger partial charge is 0.326 e. The van der Waals surface area contributed by atoms with Crippen molar-refractivity contribution in [3.8, 4) is 0 Å². The summed E-state index contributed by atoms with van der Waals surface area (Å²) in [5.41, 5.74) is 6.64. The maximum atomic E-state index is 13.2. The predicted octanol–water partition coefficient (Wildman–Crippen LogP) is 4.79. The van der Waals surface area contributed by atoms with E-state index in [0.717, 1.165) is 43.7 Å². The summed E-state index contributed by atoms with van der Waals surface area (Å²) in [6.07, 6.45) is 2.92. The van der Waals surface area contributed by atoms with Crippen LogP contribution in [0, 0.1) is 26.7 Å². The molecule has 152 valence electrons. The minimum Gasteiger partial charge on any atom is -0.326 e. The zero-order chi connectivity index (χ0) is 20.5. The molecule has 0 spiro atoms. The third-order valence-corrected chi connectivity index (χ3v) is 5.90. The third-order valence-electron chi connectivity index (χ3n) is 5.90. The van der Waals surface area contributed by atoms with Gasteiger partial charge < -0.3 is 10.2 Å². The molecule has 0 atom stereocenters. The van der Waals surface area contributed by atoms with Crippen molar-refractivity contribution in [3.63, 3.8) is 0 Å². The second kappa shape index (κ2) is 7.90. The van der Waals surface area contributed by atoms with E-state index in [1.807, 2.05) is 34.1 Å². The molecule has 2 fully saturated rings. The van der Waals surface area contributed by atoms with Gasteiger partial charge in [-0.1, -0.05) is 17.7 Å². The Morgan fingerprint density at radius 3 is 2.31 bits per heavy atom. The molecule has 0 bridgehead atoms. The van der Waals surface area contributed by atoms with Gasteiger partial charge in [-0.15, -0.1) is 0 Å². The maximum absolute atomic E-state index is 13.2. The zero-order valence-electron chi connectivity index (χ0n) is 17.5. The smallest absolute Gasteiger partial charge is 0.324 e. The molecule has 0 radical (unpaired) electrons. The maximum Gasteiger partial charge on any atom is 0.324 e. The normalized spacial score (nSPS) is 16.9. The van der Waals surface area contributed by atoms with E-state index >= 15 is 0 Å². The number of urea groups is 1. The number of amides is 3. The molecule has 0 aromatic heterocycles. The van der Waals surface area contributed by atoms with E-state index in [4.69, 9.17) is 0 Å². The lowest BCUT2D eigenvalue weighted by molar-refractivity contribution is -0.117. The lowest BCUT2D eigenvalue weighted by Crippen LogP contribution is -2.49. The van der Waals surface area contributed by atoms with E-state index in [9.17, 15) is 9.59 Å². The van der Waals surface area contributed by atoms with Crippen LogP contribution in [0.2, 0.25) is 0 Å². The Kier molecular flexibility index (Phi) is 5.31. The van der Waals surface area contributed by atoms with Crippen molar-refractivity contribution < 1.29 is 9.59 Å². The molecular formula is C24H29N3O2. The second-order valence-corrected chi connectivity index (χ2v) is 8.40. The fourth-order valence-corrected chi connectivity index (χ4v) is 4.13. The van der Waals surface area contributed by atoms with Crippen LogP contribution in [-0.2, 0) is 11.3 Å². The Bertz CT molecular complexity index is 909. The number of hydrogen-bond acceptors (Lipinski definition) is 2. The molecule has 5 heteroatoms. The van der Waals surface area contributed by atoms with Crippen LogP contribution in [-0.4, -0.2) is 29.9 Å². The molecular weight excluding hydrogens is 362 g/mol. The average Bonchev–Trinajstić information content (AvgIpc) is 3.52. The van der Waals surface area contributed by atoms with Gasteiger partial charge in [-0.2, -0.15) is 0 Å². The van der Waals surface area contributed by atoms with Gasteiger partial charge in [0.05, 0.1) is 0 Å². The van der Waals surface area contributed by atoms with Gasteiger partial charge in [-0.05, 0) is 81.0 Å². The summed E-state index contributed by atoms with van der Waals surface area (Å²) in [6.45, 7) is 8.48. The lowest BCUT2D eigenvalue weighted by Gasteiger charge is -2.36. The summed E-state index contributed by atoms with van der Waals surface area (Å²) in [5.74, 6) is 0.280. The highest BCUT2D eigenvalue weighted by atomic mass is 16.2. The highest BCUT2D eigenvalue weighted by molar-refractivity contribution is 5.95. The van der Waals surface area contributed by atoms with E-state index in [-0.39, 0.29) is 17.9 Å². The molecule has 29 heavy (non-hydrogen) atoms. The molecule has 2 aromatic rings. The van der Waals surface area contributed by atoms with Crippen LogP contribution in [0.15, 0.2) is 36.4 Å². The average molecular weight is 392 g/mol. The van der Waals surface area contributed by atoms with Crippen LogP contribution in [0.4, 0.5) is 16.2 Å². The fourth-order valence-electron chi connectivity index (χ4n) is 4.13. The molecule has 1 N–H and O–H groups in total. The van der Waals surface area contributed by atoms with Crippen LogP contribution in [0.3, 0.4) is 0 Å². The number of nitrogens with zero attached hydrogens (tertiary/aromatic N) is 2. The Morgan fingerprint density at radius 1 is 1.03 bits per heavy atom. The van der Waals surface area contributed by atoms with Crippen LogP contribution in [0.5, 0.6) is 0 Å². The van der Waals surface area contributed by atoms with E-state index in [1.165, 1.54) is 22.3 Å². The number of benzene rings is 2. The van der Waals surface area contributed by atoms with Crippen molar-refractivity contribution in [2.24, 2.45) is 5.92 Å². The number of anilines is 2. The standard InChI is InChI=1S/C24H29N3O2/c1-16-13-17(2)22(18(3)14-16)15-26-11-4-12-27(24(26)29)21-9-7-20(8-10-21)25-23(28)19-5-6-19/h7-10,13-14,19H,4-6,11-12,15H2,1-3H3,(H,25,28). The first-order chi connectivity index (χ1) is 13.9. The Hall–Kier alpha value is -2.82. The number of nitrogens with one attached hydrogen (secondary N) is 1. The van der Waals surface area contributed by atoms with Crippen LogP contribution >= 0.6 is 0 Å². The minimum atomic E-state index is 0.0467. The van der Waals surface area contributed by atoms with E-state index in [2.05, 4.69) is 38.2 Å². The molecule has 5 nitrogen and oxygen atoms in total. The van der Waals surface area contributed by atoms with Crippen molar-refractivity contribution in [2.45, 2.75) is 46.6 Å². The summed E-state index contributed by atoms with van der Waals surface area (Å²) in [6, 6.07) is 12.0. The van der Waals surface area contributed by atoms with Crippen LogP contribution in [0.1, 0.15) is 41.5 Å². The molecule has 1 saturated heterocycles. The van der Waals surface area contributed by atoms with Crippen molar-refractivity contribution in [2.75, 3.05) is 23.3 Å². The number of carbonyl (C=O) groups is 2. The Balaban J connectivity index is 1.46. The van der Waals surface area contributed by atoms with Gasteiger partial charge in [0.15, 0.2) is 0 Å². The molecule has 0 unspecified atom stereocenters. The molecule has 3 amide bonds. The monoisotopic (exact) mass is 391 g/mol. The number of hydrogen-bond donors (Lipinski definition) is 1. The van der Waals surface area contributed by atoms with E-state index < -0.39 is 0 Å². The summed E-state index contributed by atoms with van der Waals surface area (Å²) in [7, 11) is 0. The molecule has 1 aliphatic heterocycles. The first kappa shape index (κ1) is 19.5. The number of carbonyl (C=O) groups excluding carboxylic acids is 2. The van der Waals surface area contributed by atoms with Crippen molar-refractivity contribution in [1.29, 1.82) is 0 Å². The van der Waals surface area contributed by atoms with Gasteiger partial charge in [-0.25, -0.2) is 4.79 Å². The first-order valence-corrected chi connectivity index (χ1v) is 10.5. The van der Waals surface area contributed by atoms with Crippen molar-refractivity contribution in [3.05, 3.63) is 58.7 Å². The summed E-state index contributed by atoms with van der Waals surface area (Å²) >= 11 is 0. The molecule has 4 rings (SSSR count). The predicted molar refractivity (Wildman–Crippen MR) is 116 cm³/mol. The second-order valence-electron chi connectivity index (χ2n) is 8.40. The Morgan fingerprint density at radius 2 is 1.69 bits per heavy atom. The van der Waals surface area contributed by atoms with Gasteiger partial charge in [-0.3, -0.25) is 9.69 Å². The highest BCUT2D eigenvalue weighted by Gasteiger charge is 2.30. The van der Waals surface area contributed by atoms with Crippen molar-refractivity contribution in [1.82, 2.24) is 4.90 Å². The van der Waals surface area contributed by atoms with E-state index in [1.54, 1.807) is 0 Å². The number of aryl methyl sites for hydroxylation is 3. The van der Waals surface area contributed by atoms with Crippen LogP contribution in [0.25, 0.3) is 0 Å². The lowest BCUT2D eigenvalue weighted by atomic mass is 9.99. The summed E-state index contributed by atoms with van der Waals surface area (Å²) in [4.78, 5) is 28.9. The SMILES string of the molecule is Cc1cc(C)c(CN2CCCN(c3ccc(NC(=O)C4CC4)cc3)C2=O)c(C)c1. The van der Waals surface area contributed by atoms with Gasteiger partial charge >= 0.3 is 6.03 Å². The van der Waals surface area contributed by atoms with E-state index in [0.29, 0.717) is 6.54 Å². The minimum absolute atomic E-state index is 0.0467. The molecule has 2 aliphatic rings. The molecule has 1 aliphatic carbocycles. The molecule has 1 saturated carbocycles. The molecule has 1 heterocycles. The topological polar surface area (TPSA) is 52.6 Å². The quantitative estimate of drug-likeness (QED) is 0.796. The van der Waals surface area contributed by atoms with Gasteiger partial charge in [0.25, 0.3) is 0 Å². The number of rotatable bonds is 5. The van der Waals surface area contributed by atoms with Gasteiger partial charge in [0, 0.05) is 36.9 Å². The summed E-state index contributed by atoms with van der Waals surface area (Å²) < 4.78 is 0. The Labute approximate surface area is 172 Å². The third kappa shape index (κ3) is 4.29. The van der Waals surface area contributed by atoms with Crippen LogP contribution < -0.4 is 10.2 Å². The summed E-state index contributed by atoms with van der Waals surface area (Å²) in [5, 5.41) is 2.95. The van der Waals surface area contributed by atoms with Gasteiger partial charge in [0.2, 0.25) is 5.91 Å². The molecule has 2 aromatic carbocycles. The van der Waals surface area contributed by atoms with Gasteiger partial charge in [0.1, 0.15) is 0 Å². The first-order valence-electron chi connectivity index (χ1n) is 10.5.